The Morgan fingerprint density at radius 1 is 0.750 bits per heavy atom. The minimum Gasteiger partial charge on any atom is -0.507 e. The molecule has 3 nitrogen and oxygen atoms in total. The molecule has 0 aliphatic rings. The zero-order valence-corrected chi connectivity index (χ0v) is 21.9. The van der Waals surface area contributed by atoms with E-state index in [4.69, 9.17) is 11.6 Å². The lowest BCUT2D eigenvalue weighted by Crippen LogP contribution is -2.18. The van der Waals surface area contributed by atoms with Gasteiger partial charge in [0.05, 0.1) is 0 Å². The molecule has 0 bridgehead atoms. The number of aromatic hydroxyl groups is 2. The van der Waals surface area contributed by atoms with Gasteiger partial charge in [-0.3, -0.25) is 4.79 Å². The Bertz CT molecular complexity index is 999. The van der Waals surface area contributed by atoms with E-state index in [0.717, 1.165) is 33.4 Å². The van der Waals surface area contributed by atoms with Gasteiger partial charge < -0.3 is 10.2 Å². The topological polar surface area (TPSA) is 57.5 Å². The van der Waals surface area contributed by atoms with Gasteiger partial charge in [-0.05, 0) is 67.6 Å². The van der Waals surface area contributed by atoms with Crippen LogP contribution in [0.2, 0.25) is 0 Å². The van der Waals surface area contributed by atoms with Crippen molar-refractivity contribution in [2.24, 2.45) is 0 Å². The molecular formula is C28H39ClO3. The van der Waals surface area contributed by atoms with Crippen LogP contribution in [-0.4, -0.2) is 15.5 Å². The SMILES string of the molecule is CC(C)(C)c1cc(Cc2cc(CCC(=O)Cl)cc(C(C)(C)C)c2O)c(O)c(C(C)(C)C)c1. The summed E-state index contributed by atoms with van der Waals surface area (Å²) in [6.07, 6.45) is 1.16. The normalized spacial score (nSPS) is 12.8. The third-order valence-corrected chi connectivity index (χ3v) is 6.10. The van der Waals surface area contributed by atoms with Gasteiger partial charge in [0, 0.05) is 12.8 Å². The van der Waals surface area contributed by atoms with Crippen LogP contribution in [0.25, 0.3) is 0 Å². The second kappa shape index (κ2) is 9.09. The number of aryl methyl sites for hydroxylation is 1. The van der Waals surface area contributed by atoms with Crippen molar-refractivity contribution >= 4 is 16.8 Å². The van der Waals surface area contributed by atoms with Crippen molar-refractivity contribution < 1.29 is 15.0 Å². The smallest absolute Gasteiger partial charge is 0.221 e. The molecule has 0 unspecified atom stereocenters. The van der Waals surface area contributed by atoms with Gasteiger partial charge in [-0.2, -0.15) is 0 Å². The average Bonchev–Trinajstić information content (AvgIpc) is 2.60. The molecule has 2 aromatic carbocycles. The first kappa shape index (κ1) is 26.3. The van der Waals surface area contributed by atoms with E-state index in [1.54, 1.807) is 0 Å². The summed E-state index contributed by atoms with van der Waals surface area (Å²) in [5.74, 6) is 0.528. The summed E-state index contributed by atoms with van der Waals surface area (Å²) in [4.78, 5) is 11.3. The predicted molar refractivity (Wildman–Crippen MR) is 134 cm³/mol. The first-order valence-corrected chi connectivity index (χ1v) is 11.7. The lowest BCUT2D eigenvalue weighted by atomic mass is 9.78. The summed E-state index contributed by atoms with van der Waals surface area (Å²) >= 11 is 5.58. The molecule has 0 atom stereocenters. The minimum atomic E-state index is -0.373. The Hall–Kier alpha value is -2.00. The predicted octanol–water partition coefficient (Wildman–Crippen LogP) is 7.28. The van der Waals surface area contributed by atoms with Gasteiger partial charge in [0.25, 0.3) is 0 Å². The number of carbonyl (C=O) groups excluding carboxylic acids is 1. The maximum Gasteiger partial charge on any atom is 0.221 e. The van der Waals surface area contributed by atoms with Crippen LogP contribution in [0.4, 0.5) is 0 Å². The van der Waals surface area contributed by atoms with Crippen LogP contribution in [0.15, 0.2) is 24.3 Å². The minimum absolute atomic E-state index is 0.0797. The van der Waals surface area contributed by atoms with Crippen LogP contribution in [0.1, 0.15) is 102 Å². The summed E-state index contributed by atoms with van der Waals surface area (Å²) < 4.78 is 0. The van der Waals surface area contributed by atoms with Gasteiger partial charge in [0.2, 0.25) is 5.24 Å². The van der Waals surface area contributed by atoms with Crippen molar-refractivity contribution in [3.05, 3.63) is 57.6 Å². The fourth-order valence-electron chi connectivity index (χ4n) is 3.89. The molecule has 0 radical (unpaired) electrons. The molecule has 0 aromatic heterocycles. The third kappa shape index (κ3) is 6.28. The monoisotopic (exact) mass is 458 g/mol. The van der Waals surface area contributed by atoms with E-state index in [2.05, 4.69) is 74.4 Å². The maximum atomic E-state index is 11.3. The highest BCUT2D eigenvalue weighted by Gasteiger charge is 2.27. The van der Waals surface area contributed by atoms with Crippen molar-refractivity contribution in [2.45, 2.75) is 97.8 Å². The maximum absolute atomic E-state index is 11.3. The van der Waals surface area contributed by atoms with Crippen molar-refractivity contribution in [1.29, 1.82) is 0 Å². The van der Waals surface area contributed by atoms with E-state index in [1.807, 2.05) is 12.1 Å². The zero-order valence-electron chi connectivity index (χ0n) is 21.1. The average molecular weight is 459 g/mol. The van der Waals surface area contributed by atoms with Crippen LogP contribution in [0.5, 0.6) is 11.5 Å². The number of carbonyl (C=O) groups is 1. The first-order valence-electron chi connectivity index (χ1n) is 11.3. The molecule has 0 saturated heterocycles. The molecule has 2 rings (SSSR count). The Morgan fingerprint density at radius 3 is 1.66 bits per heavy atom. The number of halogens is 1. The molecule has 0 spiro atoms. The summed E-state index contributed by atoms with van der Waals surface area (Å²) in [5, 5.41) is 22.0. The molecule has 176 valence electrons. The number of phenolic OH excluding ortho intramolecular Hbond substituents is 2. The van der Waals surface area contributed by atoms with E-state index >= 15 is 0 Å². The van der Waals surface area contributed by atoms with Crippen molar-refractivity contribution in [2.75, 3.05) is 0 Å². The first-order chi connectivity index (χ1) is 14.4. The summed E-state index contributed by atoms with van der Waals surface area (Å²) in [5.41, 5.74) is 4.80. The van der Waals surface area contributed by atoms with Gasteiger partial charge in [-0.1, -0.05) is 86.6 Å². The summed E-state index contributed by atoms with van der Waals surface area (Å²) in [6, 6.07) is 8.05. The molecule has 0 amide bonds. The highest BCUT2D eigenvalue weighted by atomic mass is 35.5. The lowest BCUT2D eigenvalue weighted by molar-refractivity contribution is -0.111. The second-order valence-corrected chi connectivity index (χ2v) is 12.4. The number of benzene rings is 2. The fraction of sp³-hybridized carbons (Fsp3) is 0.536. The van der Waals surface area contributed by atoms with Crippen LogP contribution >= 0.6 is 11.6 Å². The second-order valence-electron chi connectivity index (χ2n) is 12.0. The summed E-state index contributed by atoms with van der Waals surface area (Å²) in [6.45, 7) is 18.9. The van der Waals surface area contributed by atoms with Crippen molar-refractivity contribution in [1.82, 2.24) is 0 Å². The lowest BCUT2D eigenvalue weighted by Gasteiger charge is -2.28. The van der Waals surface area contributed by atoms with Gasteiger partial charge in [0.1, 0.15) is 11.5 Å². The Balaban J connectivity index is 2.69. The highest BCUT2D eigenvalue weighted by Crippen LogP contribution is 2.41. The number of hydrogen-bond donors (Lipinski definition) is 2. The van der Waals surface area contributed by atoms with E-state index in [1.165, 1.54) is 0 Å². The standard InChI is InChI=1S/C28H39ClO3/c1-26(2,3)20-15-19(25(32)22(16-20)28(7,8)9)14-18-12-17(10-11-23(29)30)13-21(24(18)31)27(4,5)6/h12-13,15-16,31-32H,10-11,14H2,1-9H3. The summed E-state index contributed by atoms with van der Waals surface area (Å²) in [7, 11) is 0. The van der Waals surface area contributed by atoms with Crippen LogP contribution in [0, 0.1) is 0 Å². The molecule has 4 heteroatoms. The van der Waals surface area contributed by atoms with Crippen molar-refractivity contribution in [3.8, 4) is 11.5 Å². The zero-order chi connectivity index (χ0) is 24.6. The molecule has 0 fully saturated rings. The molecule has 0 aliphatic carbocycles. The number of hydrogen-bond acceptors (Lipinski definition) is 3. The molecule has 2 aromatic rings. The Labute approximate surface area is 198 Å². The molecule has 0 saturated carbocycles. The number of rotatable bonds is 5. The largest absolute Gasteiger partial charge is 0.507 e. The van der Waals surface area contributed by atoms with E-state index in [0.29, 0.717) is 12.8 Å². The van der Waals surface area contributed by atoms with E-state index in [9.17, 15) is 15.0 Å². The van der Waals surface area contributed by atoms with Gasteiger partial charge in [-0.25, -0.2) is 0 Å². The van der Waals surface area contributed by atoms with Crippen LogP contribution in [-0.2, 0) is 33.9 Å². The fourth-order valence-corrected chi connectivity index (χ4v) is 3.99. The molecule has 0 aliphatic heterocycles. The Morgan fingerprint density at radius 2 is 1.22 bits per heavy atom. The third-order valence-electron chi connectivity index (χ3n) is 5.91. The number of phenols is 2. The van der Waals surface area contributed by atoms with Crippen LogP contribution in [0.3, 0.4) is 0 Å². The molecule has 32 heavy (non-hydrogen) atoms. The molecule has 2 N–H and O–H groups in total. The van der Waals surface area contributed by atoms with Gasteiger partial charge in [0.15, 0.2) is 0 Å². The quantitative estimate of drug-likeness (QED) is 0.463. The van der Waals surface area contributed by atoms with Gasteiger partial charge >= 0.3 is 0 Å². The molecule has 0 heterocycles. The van der Waals surface area contributed by atoms with Crippen molar-refractivity contribution in [3.63, 3.8) is 0 Å². The highest BCUT2D eigenvalue weighted by molar-refractivity contribution is 6.63. The van der Waals surface area contributed by atoms with E-state index < -0.39 is 0 Å². The van der Waals surface area contributed by atoms with Crippen LogP contribution < -0.4 is 0 Å². The molecular weight excluding hydrogens is 420 g/mol. The van der Waals surface area contributed by atoms with E-state index in [-0.39, 0.29) is 39.4 Å². The Kier molecular flexibility index (Phi) is 7.46. The van der Waals surface area contributed by atoms with Gasteiger partial charge in [-0.15, -0.1) is 0 Å².